The number of carbonyl (C=O) groups is 2. The zero-order chi connectivity index (χ0) is 20.4. The zero-order valence-electron chi connectivity index (χ0n) is 16.3. The Balaban J connectivity index is 1.49. The molecule has 0 saturated carbocycles. The SMILES string of the molecule is CN1[C@H]2CC[C@@H]1[C@@H](C(=O)OCc1ccccc1)[C@@H](OC(=O)c1ccc(I)cc1)C2. The fourth-order valence-corrected chi connectivity index (χ4v) is 4.83. The number of fused-ring (bicyclic) bond motifs is 2. The van der Waals surface area contributed by atoms with Gasteiger partial charge in [-0.25, -0.2) is 4.79 Å². The van der Waals surface area contributed by atoms with Crippen molar-refractivity contribution in [1.82, 2.24) is 4.90 Å². The number of carbonyl (C=O) groups excluding carboxylic acids is 2. The van der Waals surface area contributed by atoms with Crippen LogP contribution >= 0.6 is 22.6 Å². The first-order chi connectivity index (χ1) is 14.0. The molecule has 4 rings (SSSR count). The maximum atomic E-state index is 13.0. The number of hydrogen-bond donors (Lipinski definition) is 0. The summed E-state index contributed by atoms with van der Waals surface area (Å²) in [4.78, 5) is 28.0. The molecule has 2 fully saturated rings. The van der Waals surface area contributed by atoms with Gasteiger partial charge in [0, 0.05) is 22.1 Å². The summed E-state index contributed by atoms with van der Waals surface area (Å²) >= 11 is 2.20. The number of benzene rings is 2. The maximum Gasteiger partial charge on any atom is 0.338 e. The fourth-order valence-electron chi connectivity index (χ4n) is 4.47. The van der Waals surface area contributed by atoms with E-state index in [0.717, 1.165) is 22.0 Å². The average Bonchev–Trinajstić information content (AvgIpc) is 2.96. The first kappa shape index (κ1) is 20.3. The van der Waals surface area contributed by atoms with Gasteiger partial charge in [-0.2, -0.15) is 0 Å². The number of esters is 2. The van der Waals surface area contributed by atoms with E-state index < -0.39 is 12.0 Å². The van der Waals surface area contributed by atoms with Gasteiger partial charge in [0.25, 0.3) is 0 Å². The largest absolute Gasteiger partial charge is 0.460 e. The van der Waals surface area contributed by atoms with Crippen molar-refractivity contribution in [3.8, 4) is 0 Å². The van der Waals surface area contributed by atoms with E-state index in [-0.39, 0.29) is 24.6 Å². The van der Waals surface area contributed by atoms with Crippen LogP contribution in [0, 0.1) is 9.49 Å². The van der Waals surface area contributed by atoms with Crippen molar-refractivity contribution in [3.63, 3.8) is 0 Å². The average molecular weight is 505 g/mol. The van der Waals surface area contributed by atoms with Crippen LogP contribution in [0.25, 0.3) is 0 Å². The standard InChI is InChI=1S/C23H24INO4/c1-25-18-11-12-19(25)21(23(27)28-14-15-5-3-2-4-6-15)20(13-18)29-22(26)16-7-9-17(24)10-8-16/h2-10,18-21H,11-14H2,1H3/t18-,19+,20-,21+/m0/s1. The molecule has 2 aliphatic heterocycles. The summed E-state index contributed by atoms with van der Waals surface area (Å²) in [5.74, 6) is -1.13. The molecule has 0 radical (unpaired) electrons. The van der Waals surface area contributed by atoms with Crippen LogP contribution in [0.15, 0.2) is 54.6 Å². The minimum atomic E-state index is -0.463. The van der Waals surface area contributed by atoms with Crippen LogP contribution in [0.5, 0.6) is 0 Å². The molecule has 4 atom stereocenters. The molecule has 0 aliphatic carbocycles. The molecule has 2 aliphatic rings. The molecule has 29 heavy (non-hydrogen) atoms. The lowest BCUT2D eigenvalue weighted by Crippen LogP contribution is -2.53. The summed E-state index contributed by atoms with van der Waals surface area (Å²) in [6, 6.07) is 17.3. The summed E-state index contributed by atoms with van der Waals surface area (Å²) < 4.78 is 12.6. The molecule has 6 heteroatoms. The Hall–Kier alpha value is -1.93. The summed E-state index contributed by atoms with van der Waals surface area (Å²) in [6.45, 7) is 0.230. The first-order valence-electron chi connectivity index (χ1n) is 9.92. The van der Waals surface area contributed by atoms with Crippen LogP contribution < -0.4 is 0 Å². The van der Waals surface area contributed by atoms with Gasteiger partial charge in [-0.1, -0.05) is 30.3 Å². The minimum absolute atomic E-state index is 0.0477. The van der Waals surface area contributed by atoms with Gasteiger partial charge in [-0.05, 0) is 72.3 Å². The van der Waals surface area contributed by atoms with E-state index in [1.54, 1.807) is 12.1 Å². The molecular formula is C23H24INO4. The third-order valence-corrected chi connectivity index (χ3v) is 6.77. The smallest absolute Gasteiger partial charge is 0.338 e. The van der Waals surface area contributed by atoms with Gasteiger partial charge in [0.2, 0.25) is 0 Å². The summed E-state index contributed by atoms with van der Waals surface area (Å²) in [6.07, 6.45) is 2.14. The normalized spacial score (nSPS) is 26.1. The van der Waals surface area contributed by atoms with E-state index in [0.29, 0.717) is 18.0 Å². The van der Waals surface area contributed by atoms with Crippen LogP contribution in [0.2, 0.25) is 0 Å². The van der Waals surface area contributed by atoms with Gasteiger partial charge < -0.3 is 9.47 Å². The predicted molar refractivity (Wildman–Crippen MR) is 117 cm³/mol. The number of nitrogens with zero attached hydrogens (tertiary/aromatic N) is 1. The highest BCUT2D eigenvalue weighted by Gasteiger charge is 2.51. The molecule has 152 valence electrons. The maximum absolute atomic E-state index is 13.0. The molecule has 0 aromatic heterocycles. The van der Waals surface area contributed by atoms with Crippen molar-refractivity contribution in [1.29, 1.82) is 0 Å². The summed E-state index contributed by atoms with van der Waals surface area (Å²) in [5.41, 5.74) is 1.45. The van der Waals surface area contributed by atoms with Crippen molar-refractivity contribution in [2.75, 3.05) is 7.05 Å². The molecule has 0 unspecified atom stereocenters. The molecule has 0 N–H and O–H groups in total. The second kappa shape index (κ2) is 8.83. The lowest BCUT2D eigenvalue weighted by Gasteiger charge is -2.40. The van der Waals surface area contributed by atoms with E-state index >= 15 is 0 Å². The van der Waals surface area contributed by atoms with Gasteiger partial charge in [0.05, 0.1) is 5.56 Å². The molecule has 2 aromatic rings. The van der Waals surface area contributed by atoms with Gasteiger partial charge in [-0.15, -0.1) is 0 Å². The monoisotopic (exact) mass is 505 g/mol. The number of ether oxygens (including phenoxy) is 2. The van der Waals surface area contributed by atoms with Gasteiger partial charge in [-0.3, -0.25) is 9.69 Å². The van der Waals surface area contributed by atoms with Gasteiger partial charge in [0.15, 0.2) is 0 Å². The zero-order valence-corrected chi connectivity index (χ0v) is 18.4. The molecule has 0 amide bonds. The fraction of sp³-hybridized carbons (Fsp3) is 0.391. The third-order valence-electron chi connectivity index (χ3n) is 6.05. The first-order valence-corrected chi connectivity index (χ1v) is 11.0. The summed E-state index contributed by atoms with van der Waals surface area (Å²) in [5, 5.41) is 0. The third kappa shape index (κ3) is 4.48. The van der Waals surface area contributed by atoms with Crippen molar-refractivity contribution in [2.24, 2.45) is 5.92 Å². The number of halogens is 1. The van der Waals surface area contributed by atoms with Crippen LogP contribution in [-0.4, -0.2) is 42.1 Å². The van der Waals surface area contributed by atoms with Crippen LogP contribution in [0.1, 0.15) is 35.2 Å². The molecule has 2 aromatic carbocycles. The molecular weight excluding hydrogens is 481 g/mol. The van der Waals surface area contributed by atoms with Crippen molar-refractivity contribution >= 4 is 34.5 Å². The van der Waals surface area contributed by atoms with Crippen LogP contribution in [0.4, 0.5) is 0 Å². The highest BCUT2D eigenvalue weighted by atomic mass is 127. The number of rotatable bonds is 5. The Morgan fingerprint density at radius 2 is 1.79 bits per heavy atom. The number of hydrogen-bond acceptors (Lipinski definition) is 5. The van der Waals surface area contributed by atoms with Crippen molar-refractivity contribution in [2.45, 2.75) is 44.1 Å². The molecule has 5 nitrogen and oxygen atoms in total. The van der Waals surface area contributed by atoms with E-state index in [2.05, 4.69) is 34.5 Å². The van der Waals surface area contributed by atoms with E-state index in [1.807, 2.05) is 42.5 Å². The minimum Gasteiger partial charge on any atom is -0.460 e. The highest BCUT2D eigenvalue weighted by Crippen LogP contribution is 2.40. The second-order valence-electron chi connectivity index (χ2n) is 7.77. The highest BCUT2D eigenvalue weighted by molar-refractivity contribution is 14.1. The molecule has 0 spiro atoms. The molecule has 2 saturated heterocycles. The van der Waals surface area contributed by atoms with Crippen molar-refractivity contribution in [3.05, 3.63) is 69.3 Å². The Bertz CT molecular complexity index is 870. The molecule has 2 bridgehead atoms. The Labute approximate surface area is 184 Å². The number of piperidine rings is 1. The van der Waals surface area contributed by atoms with E-state index in [4.69, 9.17) is 9.47 Å². The van der Waals surface area contributed by atoms with E-state index in [1.165, 1.54) is 0 Å². The Morgan fingerprint density at radius 1 is 1.07 bits per heavy atom. The summed E-state index contributed by atoms with van der Waals surface area (Å²) in [7, 11) is 2.05. The Morgan fingerprint density at radius 3 is 2.52 bits per heavy atom. The van der Waals surface area contributed by atoms with E-state index in [9.17, 15) is 9.59 Å². The molecule has 2 heterocycles. The second-order valence-corrected chi connectivity index (χ2v) is 9.02. The lowest BCUT2D eigenvalue weighted by atomic mass is 9.87. The Kier molecular flexibility index (Phi) is 6.20. The topological polar surface area (TPSA) is 55.8 Å². The van der Waals surface area contributed by atoms with Crippen LogP contribution in [-0.2, 0) is 20.9 Å². The predicted octanol–water partition coefficient (Wildman–Crippen LogP) is 4.04. The lowest BCUT2D eigenvalue weighted by molar-refractivity contribution is -0.160. The quantitative estimate of drug-likeness (QED) is 0.454. The van der Waals surface area contributed by atoms with Gasteiger partial charge in [0.1, 0.15) is 18.6 Å². The van der Waals surface area contributed by atoms with Crippen molar-refractivity contribution < 1.29 is 19.1 Å². The van der Waals surface area contributed by atoms with Gasteiger partial charge >= 0.3 is 11.9 Å². The van der Waals surface area contributed by atoms with Crippen LogP contribution in [0.3, 0.4) is 0 Å².